The van der Waals surface area contributed by atoms with Crippen molar-refractivity contribution in [3.05, 3.63) is 63.7 Å². The summed E-state index contributed by atoms with van der Waals surface area (Å²) in [5, 5.41) is 11.0. The molecule has 0 radical (unpaired) electrons. The normalized spacial score (nSPS) is 14.7. The number of aliphatic hydroxyl groups excluding tert-OH is 1. The summed E-state index contributed by atoms with van der Waals surface area (Å²) in [6.07, 6.45) is -0.997. The molecule has 2 amide bonds. The number of hydrogen-bond acceptors (Lipinski definition) is 4. The first-order valence-electron chi connectivity index (χ1n) is 8.85. The number of carbonyl (C=O) groups is 2. The third-order valence-electron chi connectivity index (χ3n) is 4.62. The number of aryl methyl sites for hydroxylation is 1. The third kappa shape index (κ3) is 3.84. The molecule has 5 nitrogen and oxygen atoms in total. The molecule has 27 heavy (non-hydrogen) atoms. The second-order valence-corrected chi connectivity index (χ2v) is 7.43. The van der Waals surface area contributed by atoms with Crippen LogP contribution in [0.3, 0.4) is 0 Å². The average molecular weight is 388 g/mol. The Morgan fingerprint density at radius 1 is 1.11 bits per heavy atom. The molecule has 0 spiro atoms. The molecule has 142 valence electrons. The van der Waals surface area contributed by atoms with Crippen LogP contribution in [0, 0.1) is 6.92 Å². The number of hydrogen-bond donors (Lipinski definition) is 1. The van der Waals surface area contributed by atoms with Crippen LogP contribution in [0.25, 0.3) is 0 Å². The predicted molar refractivity (Wildman–Crippen MR) is 104 cm³/mol. The fourth-order valence-corrected chi connectivity index (χ4v) is 3.27. The highest BCUT2D eigenvalue weighted by atomic mass is 35.5. The van der Waals surface area contributed by atoms with Crippen LogP contribution in [-0.2, 0) is 0 Å². The number of fused-ring (bicyclic) bond motifs is 1. The molecule has 0 saturated heterocycles. The van der Waals surface area contributed by atoms with Gasteiger partial charge in [-0.1, -0.05) is 37.6 Å². The van der Waals surface area contributed by atoms with Gasteiger partial charge in [-0.3, -0.25) is 14.5 Å². The van der Waals surface area contributed by atoms with E-state index < -0.39 is 6.10 Å². The van der Waals surface area contributed by atoms with Gasteiger partial charge in [0.25, 0.3) is 11.8 Å². The lowest BCUT2D eigenvalue weighted by Gasteiger charge is -2.21. The standard InChI is InChI=1S/C21H22ClNO4/c1-12(2)17-9-18(22)13(3)8-19(17)27-11-14(24)10-23-20(25)15-6-4-5-7-16(15)21(23)26/h4-9,12,14,24H,10-11H2,1-3H3. The number of rotatable bonds is 6. The summed E-state index contributed by atoms with van der Waals surface area (Å²) in [5.74, 6) is 0.0690. The molecule has 1 aliphatic rings. The number of halogens is 1. The van der Waals surface area contributed by atoms with E-state index in [1.807, 2.05) is 32.9 Å². The largest absolute Gasteiger partial charge is 0.491 e. The summed E-state index contributed by atoms with van der Waals surface area (Å²) in [4.78, 5) is 25.8. The zero-order chi connectivity index (χ0) is 19.7. The molecule has 0 bridgehead atoms. The highest BCUT2D eigenvalue weighted by molar-refractivity contribution is 6.31. The number of carbonyl (C=O) groups excluding carboxylic acids is 2. The third-order valence-corrected chi connectivity index (χ3v) is 5.02. The molecule has 1 aliphatic heterocycles. The molecule has 1 heterocycles. The fraction of sp³-hybridized carbons (Fsp3) is 0.333. The Labute approximate surface area is 163 Å². The molecule has 1 N–H and O–H groups in total. The summed E-state index contributed by atoms with van der Waals surface area (Å²) < 4.78 is 5.80. The summed E-state index contributed by atoms with van der Waals surface area (Å²) in [6.45, 7) is 5.80. The van der Waals surface area contributed by atoms with Crippen LogP contribution in [0.5, 0.6) is 5.75 Å². The molecule has 6 heteroatoms. The van der Waals surface area contributed by atoms with E-state index in [-0.39, 0.29) is 30.9 Å². The molecule has 1 atom stereocenters. The molecule has 0 aliphatic carbocycles. The number of amides is 2. The van der Waals surface area contributed by atoms with Crippen molar-refractivity contribution in [3.63, 3.8) is 0 Å². The quantitative estimate of drug-likeness (QED) is 0.765. The lowest BCUT2D eigenvalue weighted by molar-refractivity contribution is 0.0455. The topological polar surface area (TPSA) is 66.8 Å². The first kappa shape index (κ1) is 19.4. The van der Waals surface area contributed by atoms with Crippen molar-refractivity contribution in [2.24, 2.45) is 0 Å². The van der Waals surface area contributed by atoms with Gasteiger partial charge in [-0.2, -0.15) is 0 Å². The van der Waals surface area contributed by atoms with Gasteiger partial charge in [0.05, 0.1) is 17.7 Å². The summed E-state index contributed by atoms with van der Waals surface area (Å²) in [5.41, 5.74) is 2.56. The summed E-state index contributed by atoms with van der Waals surface area (Å²) in [7, 11) is 0. The van der Waals surface area contributed by atoms with Crippen LogP contribution in [0.2, 0.25) is 5.02 Å². The van der Waals surface area contributed by atoms with Crippen LogP contribution in [-0.4, -0.2) is 41.1 Å². The van der Waals surface area contributed by atoms with Crippen LogP contribution < -0.4 is 4.74 Å². The first-order valence-corrected chi connectivity index (χ1v) is 9.23. The fourth-order valence-electron chi connectivity index (χ4n) is 3.10. The van der Waals surface area contributed by atoms with Crippen LogP contribution in [0.15, 0.2) is 36.4 Å². The Morgan fingerprint density at radius 2 is 1.70 bits per heavy atom. The number of nitrogens with zero attached hydrogens (tertiary/aromatic N) is 1. The van der Waals surface area contributed by atoms with Crippen LogP contribution in [0.1, 0.15) is 51.6 Å². The molecule has 1 unspecified atom stereocenters. The zero-order valence-corrected chi connectivity index (χ0v) is 16.3. The van der Waals surface area contributed by atoms with Crippen molar-refractivity contribution in [2.45, 2.75) is 32.8 Å². The highest BCUT2D eigenvalue weighted by Crippen LogP contribution is 2.32. The predicted octanol–water partition coefficient (Wildman–Crippen LogP) is 3.81. The second kappa shape index (κ2) is 7.71. The van der Waals surface area contributed by atoms with E-state index in [1.165, 1.54) is 0 Å². The smallest absolute Gasteiger partial charge is 0.261 e. The minimum Gasteiger partial charge on any atom is -0.491 e. The van der Waals surface area contributed by atoms with Crippen molar-refractivity contribution < 1.29 is 19.4 Å². The van der Waals surface area contributed by atoms with E-state index in [0.29, 0.717) is 21.9 Å². The SMILES string of the molecule is Cc1cc(OCC(O)CN2C(=O)c3ccccc3C2=O)c(C(C)C)cc1Cl. The molecular weight excluding hydrogens is 366 g/mol. The average Bonchev–Trinajstić information content (AvgIpc) is 2.87. The van der Waals surface area contributed by atoms with Gasteiger partial charge in [-0.05, 0) is 48.2 Å². The Balaban J connectivity index is 1.68. The maximum Gasteiger partial charge on any atom is 0.261 e. The molecule has 2 aromatic rings. The Hall–Kier alpha value is -2.37. The zero-order valence-electron chi connectivity index (χ0n) is 15.5. The molecule has 0 aromatic heterocycles. The Kier molecular flexibility index (Phi) is 5.53. The Morgan fingerprint density at radius 3 is 2.26 bits per heavy atom. The molecule has 2 aromatic carbocycles. The minimum absolute atomic E-state index is 0.0335. The Bertz CT molecular complexity index is 859. The van der Waals surface area contributed by atoms with Gasteiger partial charge >= 0.3 is 0 Å². The molecular formula is C21H22ClNO4. The summed E-state index contributed by atoms with van der Waals surface area (Å²) in [6, 6.07) is 10.4. The van der Waals surface area contributed by atoms with Crippen molar-refractivity contribution in [2.75, 3.05) is 13.2 Å². The second-order valence-electron chi connectivity index (χ2n) is 7.03. The van der Waals surface area contributed by atoms with Crippen molar-refractivity contribution >= 4 is 23.4 Å². The monoisotopic (exact) mass is 387 g/mol. The number of β-amino-alcohol motifs (C(OH)–C–C–N with tert-alkyl or cyclic N) is 1. The van der Waals surface area contributed by atoms with E-state index in [9.17, 15) is 14.7 Å². The van der Waals surface area contributed by atoms with E-state index in [0.717, 1.165) is 16.0 Å². The van der Waals surface area contributed by atoms with Gasteiger partial charge < -0.3 is 9.84 Å². The number of aliphatic hydroxyl groups is 1. The van der Waals surface area contributed by atoms with Gasteiger partial charge in [0.15, 0.2) is 0 Å². The van der Waals surface area contributed by atoms with Crippen LogP contribution >= 0.6 is 11.6 Å². The van der Waals surface area contributed by atoms with Crippen molar-refractivity contribution in [3.8, 4) is 5.75 Å². The van der Waals surface area contributed by atoms with Crippen molar-refractivity contribution in [1.29, 1.82) is 0 Å². The van der Waals surface area contributed by atoms with Crippen LogP contribution in [0.4, 0.5) is 0 Å². The molecule has 3 rings (SSSR count). The van der Waals surface area contributed by atoms with Gasteiger partial charge in [0.2, 0.25) is 0 Å². The van der Waals surface area contributed by atoms with E-state index in [2.05, 4.69) is 0 Å². The maximum absolute atomic E-state index is 12.4. The molecule has 0 saturated carbocycles. The van der Waals surface area contributed by atoms with E-state index in [1.54, 1.807) is 24.3 Å². The number of ether oxygens (including phenoxy) is 1. The molecule has 0 fully saturated rings. The van der Waals surface area contributed by atoms with E-state index in [4.69, 9.17) is 16.3 Å². The lowest BCUT2D eigenvalue weighted by Crippen LogP contribution is -2.39. The van der Waals surface area contributed by atoms with E-state index >= 15 is 0 Å². The minimum atomic E-state index is -0.997. The first-order chi connectivity index (χ1) is 12.8. The van der Waals surface area contributed by atoms with Gasteiger partial charge in [-0.15, -0.1) is 0 Å². The highest BCUT2D eigenvalue weighted by Gasteiger charge is 2.36. The van der Waals surface area contributed by atoms with Gasteiger partial charge in [0, 0.05) is 5.02 Å². The summed E-state index contributed by atoms with van der Waals surface area (Å²) >= 11 is 6.20. The lowest BCUT2D eigenvalue weighted by atomic mass is 10.0. The number of imide groups is 1. The number of benzene rings is 2. The van der Waals surface area contributed by atoms with Gasteiger partial charge in [-0.25, -0.2) is 0 Å². The van der Waals surface area contributed by atoms with Crippen molar-refractivity contribution in [1.82, 2.24) is 4.90 Å². The maximum atomic E-state index is 12.4. The van der Waals surface area contributed by atoms with Gasteiger partial charge in [0.1, 0.15) is 18.5 Å².